The molecular formula is C14H18N2O2. The fraction of sp³-hybridized carbons (Fsp3) is 0.357. The summed E-state index contributed by atoms with van der Waals surface area (Å²) >= 11 is 0. The minimum absolute atomic E-state index is 0.333. The van der Waals surface area contributed by atoms with Crippen molar-refractivity contribution in [3.8, 4) is 0 Å². The Labute approximate surface area is 107 Å². The molecule has 96 valence electrons. The molecule has 1 heterocycles. The second-order valence-electron chi connectivity index (χ2n) is 4.34. The second kappa shape index (κ2) is 5.80. The van der Waals surface area contributed by atoms with Crippen molar-refractivity contribution < 1.29 is 9.53 Å². The average Bonchev–Trinajstić information content (AvgIpc) is 2.41. The molecule has 1 aromatic rings. The maximum absolute atomic E-state index is 11.6. The molecule has 1 aromatic carbocycles. The van der Waals surface area contributed by atoms with E-state index in [9.17, 15) is 4.79 Å². The molecule has 2 rings (SSSR count). The van der Waals surface area contributed by atoms with Gasteiger partial charge in [-0.2, -0.15) is 0 Å². The number of hydrogen-bond donors (Lipinski definition) is 1. The van der Waals surface area contributed by atoms with Crippen LogP contribution in [0.5, 0.6) is 0 Å². The number of carbonyl (C=O) groups is 1. The largest absolute Gasteiger partial charge is 0.466 e. The maximum atomic E-state index is 11.6. The first-order valence-electron chi connectivity index (χ1n) is 6.04. The summed E-state index contributed by atoms with van der Waals surface area (Å²) in [6.45, 7) is 1.60. The number of rotatable bonds is 3. The number of benzene rings is 1. The lowest BCUT2D eigenvalue weighted by Gasteiger charge is -2.32. The van der Waals surface area contributed by atoms with E-state index >= 15 is 0 Å². The molecule has 2 N–H and O–H groups in total. The van der Waals surface area contributed by atoms with Crippen LogP contribution < -0.4 is 5.73 Å². The molecule has 0 saturated carbocycles. The Hall–Kier alpha value is -1.65. The first-order valence-corrected chi connectivity index (χ1v) is 6.04. The number of methoxy groups -OCH3 is 1. The van der Waals surface area contributed by atoms with Gasteiger partial charge in [0.1, 0.15) is 0 Å². The predicted octanol–water partition coefficient (Wildman–Crippen LogP) is 1.28. The fourth-order valence-corrected chi connectivity index (χ4v) is 2.16. The minimum atomic E-state index is -0.383. The predicted molar refractivity (Wildman–Crippen MR) is 69.5 cm³/mol. The van der Waals surface area contributed by atoms with Gasteiger partial charge in [-0.25, -0.2) is 4.79 Å². The van der Waals surface area contributed by atoms with Crippen molar-refractivity contribution >= 4 is 5.97 Å². The Bertz CT molecular complexity index is 442. The number of ether oxygens (including phenoxy) is 1. The molecule has 18 heavy (non-hydrogen) atoms. The number of nitrogens with two attached hydrogens (primary N) is 1. The van der Waals surface area contributed by atoms with Gasteiger partial charge in [-0.1, -0.05) is 36.4 Å². The highest BCUT2D eigenvalue weighted by Gasteiger charge is 2.27. The molecule has 1 aliphatic heterocycles. The van der Waals surface area contributed by atoms with Crippen LogP contribution in [-0.2, 0) is 16.1 Å². The molecule has 1 unspecified atom stereocenters. The molecule has 0 aromatic heterocycles. The Kier molecular flexibility index (Phi) is 4.12. The molecule has 4 nitrogen and oxygen atoms in total. The van der Waals surface area contributed by atoms with E-state index in [2.05, 4.69) is 17.0 Å². The smallest absolute Gasteiger partial charge is 0.336 e. The van der Waals surface area contributed by atoms with E-state index in [0.717, 1.165) is 19.5 Å². The number of carbonyl (C=O) groups excluding carboxylic acids is 1. The first kappa shape index (κ1) is 12.8. The normalized spacial score (nSPS) is 20.3. The van der Waals surface area contributed by atoms with E-state index in [-0.39, 0.29) is 12.1 Å². The number of esters is 1. The van der Waals surface area contributed by atoms with Crippen LogP contribution in [0.3, 0.4) is 0 Å². The molecule has 0 aliphatic carbocycles. The van der Waals surface area contributed by atoms with Crippen LogP contribution in [0, 0.1) is 0 Å². The van der Waals surface area contributed by atoms with Crippen molar-refractivity contribution in [1.29, 1.82) is 0 Å². The zero-order valence-corrected chi connectivity index (χ0v) is 10.5. The summed E-state index contributed by atoms with van der Waals surface area (Å²) in [6.07, 6.45) is 2.31. The lowest BCUT2D eigenvalue weighted by Crippen LogP contribution is -2.47. The monoisotopic (exact) mass is 246 g/mol. The molecule has 0 radical (unpaired) electrons. The van der Waals surface area contributed by atoms with Crippen LogP contribution in [-0.4, -0.2) is 30.7 Å². The van der Waals surface area contributed by atoms with Gasteiger partial charge in [0, 0.05) is 13.1 Å². The van der Waals surface area contributed by atoms with Crippen molar-refractivity contribution in [2.24, 2.45) is 5.73 Å². The van der Waals surface area contributed by atoms with Crippen LogP contribution in [0.2, 0.25) is 0 Å². The van der Waals surface area contributed by atoms with Crippen molar-refractivity contribution in [2.45, 2.75) is 19.1 Å². The molecular weight excluding hydrogens is 228 g/mol. The Morgan fingerprint density at radius 3 is 2.83 bits per heavy atom. The summed E-state index contributed by atoms with van der Waals surface area (Å²) in [5.74, 6) is -0.333. The van der Waals surface area contributed by atoms with Gasteiger partial charge in [0.05, 0.1) is 18.8 Å². The molecule has 0 spiro atoms. The van der Waals surface area contributed by atoms with E-state index in [1.165, 1.54) is 12.7 Å². The van der Waals surface area contributed by atoms with Gasteiger partial charge in [-0.15, -0.1) is 0 Å². The number of nitrogens with zero attached hydrogens (tertiary/aromatic N) is 1. The standard InChI is InChI=1S/C14H18N2O2/c1-18-14(17)12-8-5-9-16(13(12)15)10-11-6-3-2-4-7-11/h2-4,6-8,13H,5,9-10,15H2,1H3. The summed E-state index contributed by atoms with van der Waals surface area (Å²) in [5, 5.41) is 0. The quantitative estimate of drug-likeness (QED) is 0.816. The summed E-state index contributed by atoms with van der Waals surface area (Å²) < 4.78 is 4.74. The zero-order valence-electron chi connectivity index (χ0n) is 10.5. The molecule has 1 aliphatic rings. The van der Waals surface area contributed by atoms with Gasteiger partial charge in [0.15, 0.2) is 0 Å². The Balaban J connectivity index is 2.08. The summed E-state index contributed by atoms with van der Waals surface area (Å²) in [4.78, 5) is 13.7. The second-order valence-corrected chi connectivity index (χ2v) is 4.34. The van der Waals surface area contributed by atoms with Gasteiger partial charge < -0.3 is 10.5 Å². The zero-order chi connectivity index (χ0) is 13.0. The minimum Gasteiger partial charge on any atom is -0.466 e. The lowest BCUT2D eigenvalue weighted by molar-refractivity contribution is -0.137. The molecule has 4 heteroatoms. The Morgan fingerprint density at radius 1 is 1.44 bits per heavy atom. The molecule has 1 atom stereocenters. The van der Waals surface area contributed by atoms with Crippen molar-refractivity contribution in [3.05, 3.63) is 47.5 Å². The molecule has 0 amide bonds. The van der Waals surface area contributed by atoms with Crippen LogP contribution in [0.15, 0.2) is 42.0 Å². The van der Waals surface area contributed by atoms with Crippen molar-refractivity contribution in [3.63, 3.8) is 0 Å². The van der Waals surface area contributed by atoms with Gasteiger partial charge in [0.25, 0.3) is 0 Å². The van der Waals surface area contributed by atoms with E-state index in [1.54, 1.807) is 0 Å². The lowest BCUT2D eigenvalue weighted by atomic mass is 10.1. The van der Waals surface area contributed by atoms with Gasteiger partial charge in [0.2, 0.25) is 0 Å². The third-order valence-corrected chi connectivity index (χ3v) is 3.14. The van der Waals surface area contributed by atoms with E-state index in [0.29, 0.717) is 5.57 Å². The third kappa shape index (κ3) is 2.78. The van der Waals surface area contributed by atoms with Gasteiger partial charge in [-0.05, 0) is 12.0 Å². The average molecular weight is 246 g/mol. The van der Waals surface area contributed by atoms with Gasteiger partial charge >= 0.3 is 5.97 Å². The van der Waals surface area contributed by atoms with E-state index in [1.807, 2.05) is 24.3 Å². The maximum Gasteiger partial charge on any atom is 0.336 e. The Morgan fingerprint density at radius 2 is 2.17 bits per heavy atom. The summed E-state index contributed by atoms with van der Waals surface area (Å²) in [5.41, 5.74) is 7.85. The highest BCUT2D eigenvalue weighted by molar-refractivity contribution is 5.89. The van der Waals surface area contributed by atoms with E-state index in [4.69, 9.17) is 10.5 Å². The summed E-state index contributed by atoms with van der Waals surface area (Å²) in [6, 6.07) is 10.1. The number of hydrogen-bond acceptors (Lipinski definition) is 4. The van der Waals surface area contributed by atoms with E-state index < -0.39 is 0 Å². The van der Waals surface area contributed by atoms with Crippen LogP contribution >= 0.6 is 0 Å². The first-order chi connectivity index (χ1) is 8.72. The van der Waals surface area contributed by atoms with Crippen LogP contribution in [0.25, 0.3) is 0 Å². The van der Waals surface area contributed by atoms with Crippen molar-refractivity contribution in [2.75, 3.05) is 13.7 Å². The topological polar surface area (TPSA) is 55.6 Å². The van der Waals surface area contributed by atoms with Crippen LogP contribution in [0.4, 0.5) is 0 Å². The van der Waals surface area contributed by atoms with Crippen molar-refractivity contribution in [1.82, 2.24) is 4.90 Å². The highest BCUT2D eigenvalue weighted by Crippen LogP contribution is 2.18. The molecule has 0 bridgehead atoms. The highest BCUT2D eigenvalue weighted by atomic mass is 16.5. The van der Waals surface area contributed by atoms with Crippen LogP contribution in [0.1, 0.15) is 12.0 Å². The molecule has 0 fully saturated rings. The fourth-order valence-electron chi connectivity index (χ4n) is 2.16. The molecule has 0 saturated heterocycles. The third-order valence-electron chi connectivity index (χ3n) is 3.14. The van der Waals surface area contributed by atoms with Gasteiger partial charge in [-0.3, -0.25) is 4.90 Å². The SMILES string of the molecule is COC(=O)C1=CCCN(Cc2ccccc2)C1N. The summed E-state index contributed by atoms with van der Waals surface area (Å²) in [7, 11) is 1.38.